The van der Waals surface area contributed by atoms with Crippen LogP contribution in [0.3, 0.4) is 0 Å². The third-order valence-electron chi connectivity index (χ3n) is 4.42. The lowest BCUT2D eigenvalue weighted by molar-refractivity contribution is -0.385. The first-order valence-electron chi connectivity index (χ1n) is 8.58. The SMILES string of the molecule is CCc1cccc2c(C(=O)COc3ccc(C(=O)OC)cc3[N+](=O)[O-])c[nH]c12. The van der Waals surface area contributed by atoms with Crippen molar-refractivity contribution in [3.05, 3.63) is 69.4 Å². The number of methoxy groups -OCH3 is 1. The smallest absolute Gasteiger partial charge is 0.338 e. The van der Waals surface area contributed by atoms with E-state index < -0.39 is 16.6 Å². The number of para-hydroxylation sites is 1. The molecule has 3 aromatic rings. The van der Waals surface area contributed by atoms with E-state index in [0.29, 0.717) is 5.56 Å². The number of fused-ring (bicyclic) bond motifs is 1. The zero-order valence-corrected chi connectivity index (χ0v) is 15.4. The summed E-state index contributed by atoms with van der Waals surface area (Å²) in [6.07, 6.45) is 2.44. The summed E-state index contributed by atoms with van der Waals surface area (Å²) in [7, 11) is 1.18. The molecule has 3 rings (SSSR count). The topological polar surface area (TPSA) is 112 Å². The molecular formula is C20H18N2O6. The maximum atomic E-state index is 12.6. The second-order valence-electron chi connectivity index (χ2n) is 6.04. The highest BCUT2D eigenvalue weighted by molar-refractivity contribution is 6.09. The van der Waals surface area contributed by atoms with Crippen LogP contribution in [0.25, 0.3) is 10.9 Å². The number of H-pyrrole nitrogens is 1. The van der Waals surface area contributed by atoms with E-state index >= 15 is 0 Å². The molecule has 0 aliphatic heterocycles. The number of nitrogens with zero attached hydrogens (tertiary/aromatic N) is 1. The Morgan fingerprint density at radius 2 is 2.00 bits per heavy atom. The molecule has 0 fully saturated rings. The molecule has 0 amide bonds. The third kappa shape index (κ3) is 3.57. The highest BCUT2D eigenvalue weighted by Gasteiger charge is 2.21. The summed E-state index contributed by atoms with van der Waals surface area (Å²) in [5.41, 5.74) is 2.05. The number of rotatable bonds is 7. The van der Waals surface area contributed by atoms with Crippen LogP contribution in [0.2, 0.25) is 0 Å². The summed E-state index contributed by atoms with van der Waals surface area (Å²) in [6.45, 7) is 1.65. The first-order chi connectivity index (χ1) is 13.5. The van der Waals surface area contributed by atoms with Crippen LogP contribution < -0.4 is 4.74 Å². The predicted octanol–water partition coefficient (Wildman–Crippen LogP) is 3.69. The molecular weight excluding hydrogens is 364 g/mol. The number of carbonyl (C=O) groups is 2. The van der Waals surface area contributed by atoms with Gasteiger partial charge in [0.05, 0.1) is 17.6 Å². The van der Waals surface area contributed by atoms with E-state index in [1.807, 2.05) is 25.1 Å². The zero-order chi connectivity index (χ0) is 20.3. The Bertz CT molecular complexity index is 1070. The van der Waals surface area contributed by atoms with Crippen LogP contribution in [0.4, 0.5) is 5.69 Å². The van der Waals surface area contributed by atoms with Crippen molar-refractivity contribution >= 4 is 28.3 Å². The molecule has 0 unspecified atom stereocenters. The Labute approximate surface area is 160 Å². The monoisotopic (exact) mass is 382 g/mol. The highest BCUT2D eigenvalue weighted by Crippen LogP contribution is 2.29. The van der Waals surface area contributed by atoms with Gasteiger partial charge in [-0.2, -0.15) is 0 Å². The van der Waals surface area contributed by atoms with Gasteiger partial charge in [-0.25, -0.2) is 4.79 Å². The number of nitrogens with one attached hydrogen (secondary N) is 1. The fourth-order valence-electron chi connectivity index (χ4n) is 2.99. The Hall–Kier alpha value is -3.68. The van der Waals surface area contributed by atoms with Crippen molar-refractivity contribution in [1.29, 1.82) is 0 Å². The van der Waals surface area contributed by atoms with E-state index in [4.69, 9.17) is 4.74 Å². The molecule has 144 valence electrons. The second kappa shape index (κ2) is 7.91. The lowest BCUT2D eigenvalue weighted by Crippen LogP contribution is -2.12. The largest absolute Gasteiger partial charge is 0.478 e. The van der Waals surface area contributed by atoms with Gasteiger partial charge in [-0.3, -0.25) is 14.9 Å². The first kappa shape index (κ1) is 19.1. The number of Topliss-reactive ketones (excluding diaryl/α,β-unsaturated/α-hetero) is 1. The van der Waals surface area contributed by atoms with E-state index in [0.717, 1.165) is 29.0 Å². The number of nitro benzene ring substituents is 1. The van der Waals surface area contributed by atoms with Crippen molar-refractivity contribution in [3.8, 4) is 5.75 Å². The van der Waals surface area contributed by atoms with E-state index in [9.17, 15) is 19.7 Å². The zero-order valence-electron chi connectivity index (χ0n) is 15.4. The summed E-state index contributed by atoms with van der Waals surface area (Å²) in [5.74, 6) is -1.11. The summed E-state index contributed by atoms with van der Waals surface area (Å²) in [4.78, 5) is 37.9. The molecule has 0 saturated heterocycles. The van der Waals surface area contributed by atoms with Crippen molar-refractivity contribution < 1.29 is 24.0 Å². The molecule has 1 N–H and O–H groups in total. The van der Waals surface area contributed by atoms with Gasteiger partial charge in [-0.05, 0) is 24.1 Å². The molecule has 1 heterocycles. The highest BCUT2D eigenvalue weighted by atomic mass is 16.6. The minimum Gasteiger partial charge on any atom is -0.478 e. The van der Waals surface area contributed by atoms with Crippen LogP contribution in [0, 0.1) is 10.1 Å². The van der Waals surface area contributed by atoms with E-state index in [1.165, 1.54) is 19.2 Å². The summed E-state index contributed by atoms with van der Waals surface area (Å²) in [5, 5.41) is 12.1. The lowest BCUT2D eigenvalue weighted by atomic mass is 10.1. The maximum absolute atomic E-state index is 12.6. The van der Waals surface area contributed by atoms with Crippen LogP contribution in [-0.2, 0) is 11.2 Å². The van der Waals surface area contributed by atoms with Crippen LogP contribution in [0.1, 0.15) is 33.2 Å². The maximum Gasteiger partial charge on any atom is 0.338 e. The molecule has 1 aromatic heterocycles. The number of carbonyl (C=O) groups excluding carboxylic acids is 2. The normalized spacial score (nSPS) is 10.6. The van der Waals surface area contributed by atoms with E-state index in [2.05, 4.69) is 9.72 Å². The van der Waals surface area contributed by atoms with Gasteiger partial charge in [0, 0.05) is 28.7 Å². The summed E-state index contributed by atoms with van der Waals surface area (Å²) in [6, 6.07) is 9.38. The molecule has 2 aromatic carbocycles. The van der Waals surface area contributed by atoms with Gasteiger partial charge in [0.2, 0.25) is 5.78 Å². The number of nitro groups is 1. The van der Waals surface area contributed by atoms with Crippen molar-refractivity contribution in [3.63, 3.8) is 0 Å². The number of hydrogen-bond acceptors (Lipinski definition) is 6. The van der Waals surface area contributed by atoms with Gasteiger partial charge in [0.25, 0.3) is 0 Å². The summed E-state index contributed by atoms with van der Waals surface area (Å²) < 4.78 is 9.96. The minimum absolute atomic E-state index is 0.0246. The van der Waals surface area contributed by atoms with Gasteiger partial charge >= 0.3 is 11.7 Å². The van der Waals surface area contributed by atoms with E-state index in [-0.39, 0.29) is 23.7 Å². The average molecular weight is 382 g/mol. The number of aromatic nitrogens is 1. The fraction of sp³-hybridized carbons (Fsp3) is 0.200. The molecule has 0 radical (unpaired) electrons. The number of aryl methyl sites for hydroxylation is 1. The van der Waals surface area contributed by atoms with Gasteiger partial charge in [0.1, 0.15) is 0 Å². The molecule has 0 saturated carbocycles. The fourth-order valence-corrected chi connectivity index (χ4v) is 2.99. The molecule has 0 spiro atoms. The average Bonchev–Trinajstić information content (AvgIpc) is 3.15. The van der Waals surface area contributed by atoms with Crippen LogP contribution in [0.15, 0.2) is 42.6 Å². The molecule has 0 bridgehead atoms. The molecule has 0 atom stereocenters. The minimum atomic E-state index is -0.698. The number of hydrogen-bond donors (Lipinski definition) is 1. The molecule has 0 aliphatic rings. The standard InChI is InChI=1S/C20H18N2O6/c1-3-12-5-4-6-14-15(10-21-19(12)14)17(23)11-28-18-8-7-13(20(24)27-2)9-16(18)22(25)26/h4-10,21H,3,11H2,1-2H3. The van der Waals surface area contributed by atoms with Gasteiger partial charge in [-0.1, -0.05) is 25.1 Å². The Balaban J connectivity index is 1.83. The van der Waals surface area contributed by atoms with Crippen molar-refractivity contribution in [2.75, 3.05) is 13.7 Å². The second-order valence-corrected chi connectivity index (χ2v) is 6.04. The van der Waals surface area contributed by atoms with Crippen molar-refractivity contribution in [2.45, 2.75) is 13.3 Å². The number of esters is 1. The Morgan fingerprint density at radius 3 is 2.68 bits per heavy atom. The molecule has 8 nitrogen and oxygen atoms in total. The molecule has 8 heteroatoms. The number of ether oxygens (including phenoxy) is 2. The molecule has 0 aliphatic carbocycles. The van der Waals surface area contributed by atoms with Crippen LogP contribution in [-0.4, -0.2) is 35.4 Å². The predicted molar refractivity (Wildman–Crippen MR) is 102 cm³/mol. The lowest BCUT2D eigenvalue weighted by Gasteiger charge is -2.07. The van der Waals surface area contributed by atoms with Crippen LogP contribution >= 0.6 is 0 Å². The van der Waals surface area contributed by atoms with Gasteiger partial charge in [-0.15, -0.1) is 0 Å². The van der Waals surface area contributed by atoms with Gasteiger partial charge in [0.15, 0.2) is 12.4 Å². The summed E-state index contributed by atoms with van der Waals surface area (Å²) >= 11 is 0. The van der Waals surface area contributed by atoms with E-state index in [1.54, 1.807) is 6.20 Å². The third-order valence-corrected chi connectivity index (χ3v) is 4.42. The quantitative estimate of drug-likeness (QED) is 0.289. The van der Waals surface area contributed by atoms with Crippen molar-refractivity contribution in [2.24, 2.45) is 0 Å². The van der Waals surface area contributed by atoms with Crippen LogP contribution in [0.5, 0.6) is 5.75 Å². The Morgan fingerprint density at radius 1 is 1.21 bits per heavy atom. The van der Waals surface area contributed by atoms with Crippen molar-refractivity contribution in [1.82, 2.24) is 4.98 Å². The number of aromatic amines is 1. The number of benzene rings is 2. The number of ketones is 1. The Kier molecular flexibility index (Phi) is 5.39. The first-order valence-corrected chi connectivity index (χ1v) is 8.58. The van der Waals surface area contributed by atoms with Gasteiger partial charge < -0.3 is 14.5 Å². The molecule has 28 heavy (non-hydrogen) atoms.